The fourth-order valence-corrected chi connectivity index (χ4v) is 1.87. The summed E-state index contributed by atoms with van der Waals surface area (Å²) in [6.07, 6.45) is -0.0436. The number of H-pyrrole nitrogens is 1. The highest BCUT2D eigenvalue weighted by atomic mass is 16.5. The van der Waals surface area contributed by atoms with E-state index in [9.17, 15) is 9.59 Å². The minimum Gasteiger partial charge on any atom is -0.493 e. The first-order chi connectivity index (χ1) is 8.93. The van der Waals surface area contributed by atoms with Crippen LogP contribution in [-0.2, 0) is 7.05 Å². The lowest BCUT2D eigenvalue weighted by molar-refractivity contribution is 0.230. The molecule has 2 aromatic rings. The van der Waals surface area contributed by atoms with Crippen molar-refractivity contribution in [3.63, 3.8) is 0 Å². The molecule has 0 aliphatic rings. The number of rotatable bonds is 3. The highest BCUT2D eigenvalue weighted by molar-refractivity contribution is 5.82. The predicted molar refractivity (Wildman–Crippen MR) is 72.1 cm³/mol. The summed E-state index contributed by atoms with van der Waals surface area (Å²) >= 11 is 0. The average molecular weight is 264 g/mol. The minimum absolute atomic E-state index is 0.0436. The van der Waals surface area contributed by atoms with Gasteiger partial charge in [0, 0.05) is 13.1 Å². The summed E-state index contributed by atoms with van der Waals surface area (Å²) in [5.74, 6) is 0.968. The topological polar surface area (TPSA) is 73.3 Å². The maximum absolute atomic E-state index is 11.8. The molecule has 0 atom stereocenters. The maximum Gasteiger partial charge on any atom is 0.328 e. The summed E-state index contributed by atoms with van der Waals surface area (Å²) in [7, 11) is 3.10. The maximum atomic E-state index is 11.8. The molecule has 0 unspecified atom stereocenters. The molecule has 1 heterocycles. The summed E-state index contributed by atoms with van der Waals surface area (Å²) in [5.41, 5.74) is -0.395. The number of benzene rings is 1. The molecular formula is C13H16N2O4. The van der Waals surface area contributed by atoms with Crippen LogP contribution in [0.1, 0.15) is 13.8 Å². The Morgan fingerprint density at radius 3 is 2.47 bits per heavy atom. The SMILES string of the molecule is COc1cc2c(cc1OC(C)C)c(=O)[nH]c(=O)n2C. The van der Waals surface area contributed by atoms with Crippen molar-refractivity contribution in [2.45, 2.75) is 20.0 Å². The highest BCUT2D eigenvalue weighted by Crippen LogP contribution is 2.31. The van der Waals surface area contributed by atoms with Gasteiger partial charge >= 0.3 is 5.69 Å². The third-order valence-corrected chi connectivity index (χ3v) is 2.78. The van der Waals surface area contributed by atoms with Gasteiger partial charge in [-0.25, -0.2) is 4.79 Å². The van der Waals surface area contributed by atoms with Crippen molar-refractivity contribution in [2.75, 3.05) is 7.11 Å². The molecule has 0 saturated heterocycles. The van der Waals surface area contributed by atoms with E-state index >= 15 is 0 Å². The monoisotopic (exact) mass is 264 g/mol. The van der Waals surface area contributed by atoms with Crippen LogP contribution >= 0.6 is 0 Å². The first-order valence-corrected chi connectivity index (χ1v) is 5.91. The Morgan fingerprint density at radius 2 is 1.89 bits per heavy atom. The molecule has 0 saturated carbocycles. The van der Waals surface area contributed by atoms with Gasteiger partial charge in [0.1, 0.15) is 0 Å². The number of methoxy groups -OCH3 is 1. The third kappa shape index (κ3) is 2.33. The number of nitrogens with one attached hydrogen (secondary N) is 1. The Bertz CT molecular complexity index is 728. The van der Waals surface area contributed by atoms with Crippen molar-refractivity contribution < 1.29 is 9.47 Å². The molecule has 0 aliphatic carbocycles. The van der Waals surface area contributed by atoms with Crippen molar-refractivity contribution in [2.24, 2.45) is 7.05 Å². The fraction of sp³-hybridized carbons (Fsp3) is 0.385. The van der Waals surface area contributed by atoms with Crippen molar-refractivity contribution in [1.29, 1.82) is 0 Å². The van der Waals surface area contributed by atoms with E-state index in [2.05, 4.69) is 4.98 Å². The number of hydrogen-bond donors (Lipinski definition) is 1. The molecule has 0 amide bonds. The molecule has 1 N–H and O–H groups in total. The largest absolute Gasteiger partial charge is 0.493 e. The Kier molecular flexibility index (Phi) is 3.33. The second-order valence-electron chi connectivity index (χ2n) is 4.51. The number of fused-ring (bicyclic) bond motifs is 1. The van der Waals surface area contributed by atoms with Crippen molar-refractivity contribution in [3.8, 4) is 11.5 Å². The van der Waals surface area contributed by atoms with E-state index in [0.717, 1.165) is 0 Å². The van der Waals surface area contributed by atoms with Crippen LogP contribution < -0.4 is 20.7 Å². The van der Waals surface area contributed by atoms with Crippen LogP contribution in [0, 0.1) is 0 Å². The summed E-state index contributed by atoms with van der Waals surface area (Å²) in [6.45, 7) is 3.77. The predicted octanol–water partition coefficient (Wildman–Crippen LogP) is 1.02. The third-order valence-electron chi connectivity index (χ3n) is 2.78. The zero-order valence-corrected chi connectivity index (χ0v) is 11.3. The van der Waals surface area contributed by atoms with E-state index < -0.39 is 11.2 Å². The van der Waals surface area contributed by atoms with Crippen LogP contribution in [-0.4, -0.2) is 22.8 Å². The number of nitrogens with zero attached hydrogens (tertiary/aromatic N) is 1. The average Bonchev–Trinajstić information content (AvgIpc) is 2.35. The van der Waals surface area contributed by atoms with Crippen molar-refractivity contribution in [3.05, 3.63) is 33.0 Å². The molecular weight excluding hydrogens is 248 g/mol. The van der Waals surface area contributed by atoms with Crippen LogP contribution in [0.5, 0.6) is 11.5 Å². The Balaban J connectivity index is 2.81. The van der Waals surface area contributed by atoms with Gasteiger partial charge in [-0.3, -0.25) is 14.3 Å². The lowest BCUT2D eigenvalue weighted by Crippen LogP contribution is -2.28. The Labute approximate surface area is 109 Å². The van der Waals surface area contributed by atoms with E-state index in [1.165, 1.54) is 11.7 Å². The molecule has 0 bridgehead atoms. The van der Waals surface area contributed by atoms with Gasteiger partial charge in [0.05, 0.1) is 24.1 Å². The van der Waals surface area contributed by atoms with E-state index in [4.69, 9.17) is 9.47 Å². The van der Waals surface area contributed by atoms with Crippen molar-refractivity contribution >= 4 is 10.9 Å². The van der Waals surface area contributed by atoms with E-state index in [0.29, 0.717) is 22.4 Å². The molecule has 102 valence electrons. The fourth-order valence-electron chi connectivity index (χ4n) is 1.87. The number of aromatic nitrogens is 2. The normalized spacial score (nSPS) is 11.0. The number of hydrogen-bond acceptors (Lipinski definition) is 4. The molecule has 19 heavy (non-hydrogen) atoms. The van der Waals surface area contributed by atoms with Crippen LogP contribution in [0.15, 0.2) is 21.7 Å². The van der Waals surface area contributed by atoms with Gasteiger partial charge in [-0.2, -0.15) is 0 Å². The van der Waals surface area contributed by atoms with Crippen molar-refractivity contribution in [1.82, 2.24) is 9.55 Å². The summed E-state index contributed by atoms with van der Waals surface area (Å²) in [5, 5.41) is 0.388. The van der Waals surface area contributed by atoms with E-state index in [-0.39, 0.29) is 6.10 Å². The molecule has 1 aromatic carbocycles. The Hall–Kier alpha value is -2.24. The summed E-state index contributed by atoms with van der Waals surface area (Å²) in [6, 6.07) is 3.22. The zero-order chi connectivity index (χ0) is 14.2. The van der Waals surface area contributed by atoms with Gasteiger partial charge in [-0.1, -0.05) is 0 Å². The second kappa shape index (κ2) is 4.79. The smallest absolute Gasteiger partial charge is 0.328 e. The van der Waals surface area contributed by atoms with E-state index in [1.807, 2.05) is 13.8 Å². The van der Waals surface area contributed by atoms with Crippen LogP contribution in [0.25, 0.3) is 10.9 Å². The second-order valence-corrected chi connectivity index (χ2v) is 4.51. The molecule has 0 spiro atoms. The lowest BCUT2D eigenvalue weighted by atomic mass is 10.2. The number of aryl methyl sites for hydroxylation is 1. The molecule has 0 radical (unpaired) electrons. The highest BCUT2D eigenvalue weighted by Gasteiger charge is 2.13. The van der Waals surface area contributed by atoms with E-state index in [1.54, 1.807) is 19.2 Å². The minimum atomic E-state index is -0.461. The number of ether oxygens (including phenoxy) is 2. The standard InChI is InChI=1S/C13H16N2O4/c1-7(2)19-11-5-8-9(6-10(11)18-4)15(3)13(17)14-12(8)16/h5-7H,1-4H3,(H,14,16,17). The molecule has 2 rings (SSSR count). The van der Waals surface area contributed by atoms with Crippen LogP contribution in [0.3, 0.4) is 0 Å². The molecule has 0 fully saturated rings. The van der Waals surface area contributed by atoms with Gasteiger partial charge in [0.25, 0.3) is 5.56 Å². The van der Waals surface area contributed by atoms with Crippen LogP contribution in [0.2, 0.25) is 0 Å². The van der Waals surface area contributed by atoms with Crippen LogP contribution in [0.4, 0.5) is 0 Å². The summed E-state index contributed by atoms with van der Waals surface area (Å²) < 4.78 is 12.2. The molecule has 1 aromatic heterocycles. The van der Waals surface area contributed by atoms with Gasteiger partial charge in [-0.05, 0) is 19.9 Å². The summed E-state index contributed by atoms with van der Waals surface area (Å²) in [4.78, 5) is 25.6. The van der Waals surface area contributed by atoms with Gasteiger partial charge in [0.2, 0.25) is 0 Å². The first-order valence-electron chi connectivity index (χ1n) is 5.91. The molecule has 0 aliphatic heterocycles. The molecule has 6 heteroatoms. The van der Waals surface area contributed by atoms with Gasteiger partial charge in [0.15, 0.2) is 11.5 Å². The number of aromatic amines is 1. The zero-order valence-electron chi connectivity index (χ0n) is 11.3. The van der Waals surface area contributed by atoms with Gasteiger partial charge < -0.3 is 9.47 Å². The van der Waals surface area contributed by atoms with Gasteiger partial charge in [-0.15, -0.1) is 0 Å². The lowest BCUT2D eigenvalue weighted by Gasteiger charge is -2.15. The quantitative estimate of drug-likeness (QED) is 0.898. The molecule has 6 nitrogen and oxygen atoms in total. The Morgan fingerprint density at radius 1 is 1.21 bits per heavy atom. The first kappa shape index (κ1) is 13.2.